The minimum atomic E-state index is -5.17. The third-order valence-corrected chi connectivity index (χ3v) is 10.8. The van der Waals surface area contributed by atoms with Crippen molar-refractivity contribution in [3.63, 3.8) is 0 Å². The number of hydrogen-bond acceptors (Lipinski definition) is 13. The molecule has 1 rings (SSSR count). The van der Waals surface area contributed by atoms with Crippen molar-refractivity contribution in [2.45, 2.75) is 165 Å². The molecule has 14 nitrogen and oxygen atoms in total. The molecule has 0 amide bonds. The number of hydrogen-bond donors (Lipinski definition) is 7. The summed E-state index contributed by atoms with van der Waals surface area (Å²) in [5.41, 5.74) is 0. The van der Waals surface area contributed by atoms with Crippen LogP contribution in [0.5, 0.6) is 0 Å². The Morgan fingerprint density at radius 1 is 0.500 bits per heavy atom. The van der Waals surface area contributed by atoms with E-state index in [4.69, 9.17) is 23.6 Å². The van der Waals surface area contributed by atoms with Crippen molar-refractivity contribution in [2.24, 2.45) is 0 Å². The molecular formula is C51H79O14P. The van der Waals surface area contributed by atoms with E-state index in [1.807, 2.05) is 30.4 Å². The van der Waals surface area contributed by atoms with Crippen LogP contribution in [0.25, 0.3) is 0 Å². The molecule has 0 aromatic carbocycles. The molecule has 0 aromatic heterocycles. The maximum atomic E-state index is 12.8. The van der Waals surface area contributed by atoms with Crippen LogP contribution in [0.2, 0.25) is 0 Å². The number of esters is 2. The van der Waals surface area contributed by atoms with E-state index in [-0.39, 0.29) is 19.4 Å². The van der Waals surface area contributed by atoms with Gasteiger partial charge in [0.1, 0.15) is 43.2 Å². The summed E-state index contributed by atoms with van der Waals surface area (Å²) in [6, 6.07) is 0. The third-order valence-electron chi connectivity index (χ3n) is 9.86. The van der Waals surface area contributed by atoms with Gasteiger partial charge in [0.05, 0.1) is 6.61 Å². The van der Waals surface area contributed by atoms with Gasteiger partial charge in [-0.2, -0.15) is 0 Å². The lowest BCUT2D eigenvalue weighted by Gasteiger charge is -2.41. The molecule has 1 aliphatic carbocycles. The first kappa shape index (κ1) is 60.2. The Kier molecular flexibility index (Phi) is 36.8. The van der Waals surface area contributed by atoms with E-state index in [1.54, 1.807) is 0 Å². The monoisotopic (exact) mass is 947 g/mol. The van der Waals surface area contributed by atoms with E-state index < -0.39 is 75.7 Å². The van der Waals surface area contributed by atoms with Crippen LogP contribution in [0.4, 0.5) is 0 Å². The summed E-state index contributed by atoms with van der Waals surface area (Å²) in [6.45, 7) is 1.06. The summed E-state index contributed by atoms with van der Waals surface area (Å²) in [6.07, 6.45) is 41.4. The van der Waals surface area contributed by atoms with Gasteiger partial charge < -0.3 is 45.0 Å². The molecule has 0 saturated heterocycles. The fourth-order valence-corrected chi connectivity index (χ4v) is 7.08. The van der Waals surface area contributed by atoms with E-state index in [0.29, 0.717) is 25.7 Å². The zero-order valence-corrected chi connectivity index (χ0v) is 39.8. The number of rotatable bonds is 37. The molecule has 0 radical (unpaired) electrons. The molecule has 1 saturated carbocycles. The number of ether oxygens (including phenoxy) is 2. The quantitative estimate of drug-likeness (QED) is 0.0134. The van der Waals surface area contributed by atoms with Gasteiger partial charge in [-0.15, -0.1) is 0 Å². The molecule has 0 heterocycles. The first-order valence-electron chi connectivity index (χ1n) is 23.4. The van der Waals surface area contributed by atoms with Crippen LogP contribution < -0.4 is 0 Å². The van der Waals surface area contributed by atoms with Gasteiger partial charge in [-0.25, -0.2) is 4.57 Å². The summed E-state index contributed by atoms with van der Waals surface area (Å²) >= 11 is 0. The van der Waals surface area contributed by atoms with E-state index in [2.05, 4.69) is 98.1 Å². The van der Waals surface area contributed by atoms with Gasteiger partial charge in [-0.1, -0.05) is 135 Å². The van der Waals surface area contributed by atoms with E-state index >= 15 is 0 Å². The van der Waals surface area contributed by atoms with Gasteiger partial charge in [-0.05, 0) is 96.3 Å². The van der Waals surface area contributed by atoms with Crippen molar-refractivity contribution in [1.29, 1.82) is 0 Å². The number of aliphatic hydroxyl groups is 6. The predicted octanol–water partition coefficient (Wildman–Crippen LogP) is 8.36. The van der Waals surface area contributed by atoms with Gasteiger partial charge in [0, 0.05) is 19.4 Å². The average Bonchev–Trinajstić information content (AvgIpc) is 3.30. The predicted molar refractivity (Wildman–Crippen MR) is 259 cm³/mol. The Bertz CT molecular complexity index is 1610. The SMILES string of the molecule is CC/C=C\C/C=C\C/C=C\C/C=C\C/C=C\C/C=C\CCC(=O)OC[C@H](COP(=O)(O)OC1[C@H](O)[C@H](O)C(O)[C@H](O)[C@H]1O)OC(=O)CCC/C=C\C/C=C\C/C=C\C/C=C\CCCCCO. The Balaban J connectivity index is 2.56. The summed E-state index contributed by atoms with van der Waals surface area (Å²) in [5, 5.41) is 59.0. The van der Waals surface area contributed by atoms with Crippen LogP contribution in [0.15, 0.2) is 122 Å². The first-order chi connectivity index (χ1) is 31.9. The Hall–Kier alpha value is -3.79. The highest BCUT2D eigenvalue weighted by Crippen LogP contribution is 2.47. The van der Waals surface area contributed by atoms with E-state index in [0.717, 1.165) is 77.0 Å². The van der Waals surface area contributed by atoms with Gasteiger partial charge in [0.15, 0.2) is 6.10 Å². The molecule has 1 fully saturated rings. The summed E-state index contributed by atoms with van der Waals surface area (Å²) in [7, 11) is -5.17. The normalized spacial score (nSPS) is 22.4. The van der Waals surface area contributed by atoms with Crippen LogP contribution in [0.3, 0.4) is 0 Å². The maximum Gasteiger partial charge on any atom is 0.472 e. The summed E-state index contributed by atoms with van der Waals surface area (Å²) in [5.74, 6) is -1.29. The fraction of sp³-hybridized carbons (Fsp3) is 0.569. The van der Waals surface area contributed by atoms with Gasteiger partial charge in [0.2, 0.25) is 0 Å². The molecule has 0 aliphatic heterocycles. The number of aliphatic hydroxyl groups excluding tert-OH is 6. The Morgan fingerprint density at radius 2 is 0.909 bits per heavy atom. The van der Waals surface area contributed by atoms with Gasteiger partial charge >= 0.3 is 19.8 Å². The van der Waals surface area contributed by atoms with Crippen LogP contribution in [0.1, 0.15) is 122 Å². The molecule has 3 unspecified atom stereocenters. The van der Waals surface area contributed by atoms with Crippen molar-refractivity contribution >= 4 is 19.8 Å². The number of allylic oxidation sites excluding steroid dienone is 20. The molecule has 8 atom stereocenters. The lowest BCUT2D eigenvalue weighted by atomic mass is 9.85. The summed E-state index contributed by atoms with van der Waals surface area (Å²) in [4.78, 5) is 35.7. The number of unbranched alkanes of at least 4 members (excludes halogenated alkanes) is 4. The molecule has 0 spiro atoms. The number of carbonyl (C=O) groups is 2. The second-order valence-electron chi connectivity index (χ2n) is 15.6. The minimum Gasteiger partial charge on any atom is -0.462 e. The molecule has 0 aromatic rings. The summed E-state index contributed by atoms with van der Waals surface area (Å²) < 4.78 is 33.4. The average molecular weight is 947 g/mol. The van der Waals surface area contributed by atoms with Crippen molar-refractivity contribution < 1.29 is 68.2 Å². The lowest BCUT2D eigenvalue weighted by Crippen LogP contribution is -2.64. The Labute approximate surface area is 393 Å². The molecular weight excluding hydrogens is 868 g/mol. The number of phosphoric ester groups is 1. The first-order valence-corrected chi connectivity index (χ1v) is 24.9. The molecule has 7 N–H and O–H groups in total. The fourth-order valence-electron chi connectivity index (χ4n) is 6.11. The van der Waals surface area contributed by atoms with Crippen LogP contribution >= 0.6 is 7.82 Å². The van der Waals surface area contributed by atoms with Crippen molar-refractivity contribution in [2.75, 3.05) is 19.8 Å². The minimum absolute atomic E-state index is 0.0128. The Morgan fingerprint density at radius 3 is 1.36 bits per heavy atom. The van der Waals surface area contributed by atoms with Gasteiger partial charge in [-0.3, -0.25) is 18.6 Å². The van der Waals surface area contributed by atoms with Crippen molar-refractivity contribution in [3.8, 4) is 0 Å². The second kappa shape index (κ2) is 40.3. The molecule has 0 bridgehead atoms. The lowest BCUT2D eigenvalue weighted by molar-refractivity contribution is -0.220. The molecule has 372 valence electrons. The van der Waals surface area contributed by atoms with Crippen LogP contribution in [-0.4, -0.2) is 110 Å². The van der Waals surface area contributed by atoms with E-state index in [1.165, 1.54) is 0 Å². The second-order valence-corrected chi connectivity index (χ2v) is 17.0. The highest BCUT2D eigenvalue weighted by Gasteiger charge is 2.51. The maximum absolute atomic E-state index is 12.8. The van der Waals surface area contributed by atoms with Crippen LogP contribution in [-0.2, 0) is 32.7 Å². The highest BCUT2D eigenvalue weighted by molar-refractivity contribution is 7.47. The standard InChI is InChI=1S/C51H79O14P/c1-2-3-4-5-6-7-8-9-10-11-12-14-17-20-23-26-29-32-35-38-44(53)62-41-43(42-63-66(60,61)65-51-49(58)47(56)46(55)48(57)50(51)59)64-45(54)39-36-33-30-27-24-21-18-15-13-16-19-22-25-28-31-34-37-40-52/h3-4,6-7,9-10,12-14,16,18,20-23,25,27,29-30,32,43,46-52,55-59H,2,5,8,11,15,17,19,24,26,28,31,33-42H2,1H3,(H,60,61)/b4-3-,7-6-,10-9-,14-12-,16-13-,21-18-,23-20-,25-22-,30-27-,32-29-/t43-,46?,47-,48+,49-,50-,51?/m1/s1. The topological polar surface area (TPSA) is 230 Å². The van der Waals surface area contributed by atoms with Gasteiger partial charge in [0.25, 0.3) is 0 Å². The number of phosphoric acid groups is 1. The number of carbonyl (C=O) groups excluding carboxylic acids is 2. The van der Waals surface area contributed by atoms with E-state index in [9.17, 15) is 44.6 Å². The molecule has 1 aliphatic rings. The largest absolute Gasteiger partial charge is 0.472 e. The van der Waals surface area contributed by atoms with Crippen LogP contribution in [0, 0.1) is 0 Å². The highest BCUT2D eigenvalue weighted by atomic mass is 31.2. The zero-order valence-electron chi connectivity index (χ0n) is 38.9. The molecule has 15 heteroatoms. The third kappa shape index (κ3) is 32.0. The smallest absolute Gasteiger partial charge is 0.462 e. The molecule has 66 heavy (non-hydrogen) atoms. The van der Waals surface area contributed by atoms with Crippen molar-refractivity contribution in [3.05, 3.63) is 122 Å². The zero-order chi connectivity index (χ0) is 48.5. The van der Waals surface area contributed by atoms with Crippen molar-refractivity contribution in [1.82, 2.24) is 0 Å².